The molecule has 0 aliphatic carbocycles. The van der Waals surface area contributed by atoms with Crippen LogP contribution in [0.2, 0.25) is 0 Å². The van der Waals surface area contributed by atoms with Gasteiger partial charge in [-0.1, -0.05) is 25.6 Å². The van der Waals surface area contributed by atoms with Crippen LogP contribution in [0, 0.1) is 19.8 Å². The Hall–Kier alpha value is -1.67. The Bertz CT molecular complexity index is 758. The van der Waals surface area contributed by atoms with E-state index in [0.717, 1.165) is 20.8 Å². The van der Waals surface area contributed by atoms with Gasteiger partial charge in [0, 0.05) is 16.8 Å². The van der Waals surface area contributed by atoms with Gasteiger partial charge in [0.05, 0.1) is 5.25 Å². The molecule has 2 rings (SSSR count). The Morgan fingerprint density at radius 1 is 1.25 bits per heavy atom. The number of amides is 3. The lowest BCUT2D eigenvalue weighted by Crippen LogP contribution is -2.43. The molecule has 0 radical (unpaired) electrons. The normalized spacial score (nSPS) is 12.4. The molecule has 0 saturated heterocycles. The van der Waals surface area contributed by atoms with Crippen molar-refractivity contribution < 1.29 is 9.59 Å². The molecule has 0 saturated carbocycles. The largest absolute Gasteiger partial charge is 0.338 e. The van der Waals surface area contributed by atoms with Crippen LogP contribution in [0.4, 0.5) is 4.79 Å². The fourth-order valence-electron chi connectivity index (χ4n) is 2.01. The third kappa shape index (κ3) is 4.45. The highest BCUT2D eigenvalue weighted by Crippen LogP contribution is 2.35. The standard InChI is InChI=1S/C16H22N4O2S2/c1-8(2)6-17-16(22)20-13(21)11(5)24-15-12-9(3)10(4)23-14(12)18-7-19-15/h7-8,11H,6H2,1-5H3,(H2,17,20,21,22). The topological polar surface area (TPSA) is 84.0 Å². The molecule has 2 aromatic rings. The zero-order chi connectivity index (χ0) is 17.9. The first-order valence-corrected chi connectivity index (χ1v) is 9.45. The molecule has 8 heteroatoms. The van der Waals surface area contributed by atoms with E-state index in [1.54, 1.807) is 18.3 Å². The maximum absolute atomic E-state index is 12.2. The predicted octanol–water partition coefficient (Wildman–Crippen LogP) is 3.27. The van der Waals surface area contributed by atoms with Crippen LogP contribution in [0.15, 0.2) is 11.4 Å². The molecule has 0 spiro atoms. The molecule has 0 aliphatic heterocycles. The van der Waals surface area contributed by atoms with Crippen LogP contribution in [-0.2, 0) is 4.79 Å². The Labute approximate surface area is 149 Å². The summed E-state index contributed by atoms with van der Waals surface area (Å²) in [5.74, 6) is -0.00520. The maximum Gasteiger partial charge on any atom is 0.321 e. The Balaban J connectivity index is 2.05. The molecule has 3 amide bonds. The lowest BCUT2D eigenvalue weighted by Gasteiger charge is -2.13. The van der Waals surface area contributed by atoms with Gasteiger partial charge in [0.25, 0.3) is 0 Å². The number of nitrogens with zero attached hydrogens (tertiary/aromatic N) is 2. The van der Waals surface area contributed by atoms with Crippen molar-refractivity contribution in [1.29, 1.82) is 0 Å². The summed E-state index contributed by atoms with van der Waals surface area (Å²) in [5, 5.41) is 6.37. The molecule has 0 bridgehead atoms. The van der Waals surface area contributed by atoms with Crippen molar-refractivity contribution in [3.05, 3.63) is 16.8 Å². The molecule has 24 heavy (non-hydrogen) atoms. The van der Waals surface area contributed by atoms with Gasteiger partial charge in [-0.25, -0.2) is 14.8 Å². The highest BCUT2D eigenvalue weighted by Gasteiger charge is 2.20. The van der Waals surface area contributed by atoms with E-state index >= 15 is 0 Å². The lowest BCUT2D eigenvalue weighted by atomic mass is 10.2. The van der Waals surface area contributed by atoms with Crippen molar-refractivity contribution in [3.8, 4) is 0 Å². The van der Waals surface area contributed by atoms with Crippen molar-refractivity contribution in [2.75, 3.05) is 6.54 Å². The minimum Gasteiger partial charge on any atom is -0.338 e. The zero-order valence-corrected chi connectivity index (χ0v) is 16.1. The summed E-state index contributed by atoms with van der Waals surface area (Å²) in [6.07, 6.45) is 1.51. The maximum atomic E-state index is 12.2. The van der Waals surface area contributed by atoms with Gasteiger partial charge < -0.3 is 5.32 Å². The summed E-state index contributed by atoms with van der Waals surface area (Å²) < 4.78 is 0. The van der Waals surface area contributed by atoms with E-state index in [2.05, 4.69) is 20.6 Å². The van der Waals surface area contributed by atoms with Crippen LogP contribution in [0.3, 0.4) is 0 Å². The second kappa shape index (κ2) is 7.94. The molecule has 1 atom stereocenters. The van der Waals surface area contributed by atoms with E-state index in [1.807, 2.05) is 27.7 Å². The minimum atomic E-state index is -0.462. The Kier molecular flexibility index (Phi) is 6.17. The molecule has 2 aromatic heterocycles. The predicted molar refractivity (Wildman–Crippen MR) is 98.6 cm³/mol. The minimum absolute atomic E-state index is 0.330. The number of hydrogen-bond donors (Lipinski definition) is 2. The number of hydrogen-bond acceptors (Lipinski definition) is 6. The van der Waals surface area contributed by atoms with Crippen LogP contribution >= 0.6 is 23.1 Å². The summed E-state index contributed by atoms with van der Waals surface area (Å²) in [6, 6.07) is -0.462. The third-order valence-electron chi connectivity index (χ3n) is 3.50. The fourth-order valence-corrected chi connectivity index (χ4v) is 4.05. The van der Waals surface area contributed by atoms with Crippen molar-refractivity contribution in [1.82, 2.24) is 20.6 Å². The third-order valence-corrected chi connectivity index (χ3v) is 5.71. The fraction of sp³-hybridized carbons (Fsp3) is 0.500. The first-order valence-electron chi connectivity index (χ1n) is 7.75. The Morgan fingerprint density at radius 2 is 1.96 bits per heavy atom. The molecule has 2 N–H and O–H groups in total. The zero-order valence-electron chi connectivity index (χ0n) is 14.5. The number of aromatic nitrogens is 2. The van der Waals surface area contributed by atoms with Crippen molar-refractivity contribution in [3.63, 3.8) is 0 Å². The van der Waals surface area contributed by atoms with Gasteiger partial charge in [-0.05, 0) is 32.3 Å². The average Bonchev–Trinajstić information content (AvgIpc) is 2.81. The van der Waals surface area contributed by atoms with Crippen molar-refractivity contribution in [2.24, 2.45) is 5.92 Å². The van der Waals surface area contributed by atoms with E-state index in [-0.39, 0.29) is 5.91 Å². The molecule has 6 nitrogen and oxygen atoms in total. The number of carbonyl (C=O) groups excluding carboxylic acids is 2. The van der Waals surface area contributed by atoms with Crippen molar-refractivity contribution in [2.45, 2.75) is 44.9 Å². The van der Waals surface area contributed by atoms with Gasteiger partial charge in [0.2, 0.25) is 5.91 Å². The summed E-state index contributed by atoms with van der Waals surface area (Å²) in [6.45, 7) is 10.4. The molecule has 2 heterocycles. The number of nitrogens with one attached hydrogen (secondary N) is 2. The molecular formula is C16H22N4O2S2. The lowest BCUT2D eigenvalue weighted by molar-refractivity contribution is -0.119. The monoisotopic (exact) mass is 366 g/mol. The number of rotatable bonds is 5. The van der Waals surface area contributed by atoms with Crippen molar-refractivity contribution >= 4 is 45.3 Å². The molecule has 0 aliphatic rings. The number of urea groups is 1. The van der Waals surface area contributed by atoms with Gasteiger partial charge >= 0.3 is 6.03 Å². The van der Waals surface area contributed by atoms with E-state index in [4.69, 9.17) is 0 Å². The van der Waals surface area contributed by atoms with E-state index in [9.17, 15) is 9.59 Å². The number of thioether (sulfide) groups is 1. The smallest absolute Gasteiger partial charge is 0.321 e. The Morgan fingerprint density at radius 3 is 2.62 bits per heavy atom. The number of carbonyl (C=O) groups is 2. The number of aryl methyl sites for hydroxylation is 2. The second-order valence-electron chi connectivity index (χ2n) is 6.00. The molecule has 1 unspecified atom stereocenters. The van der Waals surface area contributed by atoms with Crippen LogP contribution in [-0.4, -0.2) is 33.7 Å². The van der Waals surface area contributed by atoms with Crippen LogP contribution in [0.1, 0.15) is 31.2 Å². The summed E-state index contributed by atoms with van der Waals surface area (Å²) in [7, 11) is 0. The average molecular weight is 367 g/mol. The summed E-state index contributed by atoms with van der Waals surface area (Å²) >= 11 is 2.96. The number of imide groups is 1. The molecule has 0 aromatic carbocycles. The van der Waals surface area contributed by atoms with E-state index < -0.39 is 11.3 Å². The van der Waals surface area contributed by atoms with Gasteiger partial charge in [-0.15, -0.1) is 11.3 Å². The number of thiophene rings is 1. The van der Waals surface area contributed by atoms with Crippen LogP contribution < -0.4 is 10.6 Å². The highest BCUT2D eigenvalue weighted by atomic mass is 32.2. The second-order valence-corrected chi connectivity index (χ2v) is 8.53. The van der Waals surface area contributed by atoms with E-state index in [1.165, 1.54) is 23.0 Å². The van der Waals surface area contributed by atoms with Gasteiger partial charge in [0.1, 0.15) is 16.2 Å². The number of fused-ring (bicyclic) bond motifs is 1. The van der Waals surface area contributed by atoms with Gasteiger partial charge in [0.15, 0.2) is 0 Å². The first kappa shape index (κ1) is 18.7. The van der Waals surface area contributed by atoms with Crippen LogP contribution in [0.25, 0.3) is 10.2 Å². The molecule has 130 valence electrons. The van der Waals surface area contributed by atoms with Crippen LogP contribution in [0.5, 0.6) is 0 Å². The highest BCUT2D eigenvalue weighted by molar-refractivity contribution is 8.00. The SMILES string of the molecule is Cc1sc2ncnc(SC(C)C(=O)NC(=O)NCC(C)C)c2c1C. The molecule has 0 fully saturated rings. The summed E-state index contributed by atoms with van der Waals surface area (Å²) in [5.41, 5.74) is 1.14. The summed E-state index contributed by atoms with van der Waals surface area (Å²) in [4.78, 5) is 34.6. The van der Waals surface area contributed by atoms with Gasteiger partial charge in [-0.2, -0.15) is 0 Å². The first-order chi connectivity index (χ1) is 11.3. The molecular weight excluding hydrogens is 344 g/mol. The van der Waals surface area contributed by atoms with Gasteiger partial charge in [-0.3, -0.25) is 10.1 Å². The quantitative estimate of drug-likeness (QED) is 0.627. The van der Waals surface area contributed by atoms with E-state index in [0.29, 0.717) is 12.5 Å².